The summed E-state index contributed by atoms with van der Waals surface area (Å²) >= 11 is 7.95. The fourth-order valence-electron chi connectivity index (χ4n) is 3.19. The van der Waals surface area contributed by atoms with E-state index in [-0.39, 0.29) is 19.0 Å². The quantitative estimate of drug-likeness (QED) is 0.319. The summed E-state index contributed by atoms with van der Waals surface area (Å²) in [6.07, 6.45) is 0.876. The monoisotopic (exact) mass is 491 g/mol. The van der Waals surface area contributed by atoms with Gasteiger partial charge in [0, 0.05) is 20.4 Å². The van der Waals surface area contributed by atoms with Gasteiger partial charge in [-0.3, -0.25) is 4.52 Å². The van der Waals surface area contributed by atoms with E-state index in [4.69, 9.17) is 21.9 Å². The van der Waals surface area contributed by atoms with E-state index in [0.717, 1.165) is 15.4 Å². The molecule has 0 saturated carbocycles. The number of hydrogen-bond acceptors (Lipinski definition) is 5. The summed E-state index contributed by atoms with van der Waals surface area (Å²) in [5, 5.41) is 10.0. The molecule has 3 aromatic carbocycles. The average molecular weight is 492 g/mol. The van der Waals surface area contributed by atoms with Crippen molar-refractivity contribution in [3.8, 4) is 11.1 Å². The number of rotatable bonds is 10. The molecule has 8 heteroatoms. The Kier molecular flexibility index (Phi) is 8.83. The molecule has 0 saturated heterocycles. The van der Waals surface area contributed by atoms with Crippen LogP contribution in [-0.2, 0) is 15.5 Å². The number of aliphatic hydroxyl groups excluding tert-OH is 1. The third-order valence-electron chi connectivity index (χ3n) is 5.17. The molecule has 1 atom stereocenters. The van der Waals surface area contributed by atoms with Crippen LogP contribution < -0.4 is 5.73 Å². The molecule has 3 N–H and O–H groups in total. The maximum Gasteiger partial charge on any atom is 0.327 e. The molecule has 3 rings (SSSR count). The SMILES string of the molecule is Cc1ccc(Sc2ccc(-c3ccc(CCC(N)(CO)COP=O)c(Cl)c3)c(F)c2)cc1. The first-order valence-corrected chi connectivity index (χ1v) is 11.9. The predicted molar refractivity (Wildman–Crippen MR) is 128 cm³/mol. The molecule has 1 unspecified atom stereocenters. The predicted octanol–water partition coefficient (Wildman–Crippen LogP) is 6.45. The molecular weight excluding hydrogens is 468 g/mol. The summed E-state index contributed by atoms with van der Waals surface area (Å²) in [6, 6.07) is 18.6. The van der Waals surface area contributed by atoms with Crippen molar-refractivity contribution in [2.24, 2.45) is 5.73 Å². The normalized spacial score (nSPS) is 13.3. The zero-order valence-electron chi connectivity index (χ0n) is 17.6. The van der Waals surface area contributed by atoms with Gasteiger partial charge >= 0.3 is 8.69 Å². The molecule has 4 nitrogen and oxygen atoms in total. The van der Waals surface area contributed by atoms with Crippen LogP contribution in [0.3, 0.4) is 0 Å². The smallest absolute Gasteiger partial charge is 0.327 e. The van der Waals surface area contributed by atoms with Crippen LogP contribution in [0.15, 0.2) is 70.5 Å². The van der Waals surface area contributed by atoms with E-state index in [0.29, 0.717) is 29.0 Å². The summed E-state index contributed by atoms with van der Waals surface area (Å²) < 4.78 is 30.2. The Morgan fingerprint density at radius 3 is 2.47 bits per heavy atom. The molecule has 3 aromatic rings. The van der Waals surface area contributed by atoms with Gasteiger partial charge in [-0.25, -0.2) is 8.96 Å². The molecular formula is C24H24ClFNO3PS. The largest absolute Gasteiger partial charge is 0.394 e. The van der Waals surface area contributed by atoms with Gasteiger partial charge in [-0.05, 0) is 61.2 Å². The van der Waals surface area contributed by atoms with Crippen molar-refractivity contribution < 1.29 is 18.6 Å². The van der Waals surface area contributed by atoms with E-state index < -0.39 is 14.2 Å². The molecule has 0 bridgehead atoms. The van der Waals surface area contributed by atoms with E-state index in [1.54, 1.807) is 12.1 Å². The lowest BCUT2D eigenvalue weighted by atomic mass is 9.93. The second kappa shape index (κ2) is 11.4. The average Bonchev–Trinajstić information content (AvgIpc) is 2.78. The first-order chi connectivity index (χ1) is 15.3. The Labute approximate surface area is 198 Å². The third kappa shape index (κ3) is 6.61. The van der Waals surface area contributed by atoms with E-state index in [1.807, 2.05) is 49.4 Å². The van der Waals surface area contributed by atoms with Crippen LogP contribution >= 0.6 is 32.0 Å². The second-order valence-corrected chi connectivity index (χ2v) is 9.69. The van der Waals surface area contributed by atoms with Gasteiger partial charge in [0.05, 0.1) is 18.8 Å². The number of aliphatic hydroxyl groups is 1. The van der Waals surface area contributed by atoms with Crippen LogP contribution in [-0.4, -0.2) is 23.9 Å². The molecule has 0 fully saturated rings. The fourth-order valence-corrected chi connectivity index (χ4v) is 4.62. The first-order valence-electron chi connectivity index (χ1n) is 10.0. The minimum Gasteiger partial charge on any atom is -0.394 e. The van der Waals surface area contributed by atoms with Crippen molar-refractivity contribution >= 4 is 32.0 Å². The molecule has 0 aromatic heterocycles. The summed E-state index contributed by atoms with van der Waals surface area (Å²) in [5.41, 5.74) is 8.22. The maximum atomic E-state index is 14.9. The first kappa shape index (κ1) is 24.8. The lowest BCUT2D eigenvalue weighted by Gasteiger charge is -2.25. The molecule has 0 aliphatic heterocycles. The van der Waals surface area contributed by atoms with Crippen LogP contribution in [0, 0.1) is 12.7 Å². The lowest BCUT2D eigenvalue weighted by molar-refractivity contribution is 0.133. The summed E-state index contributed by atoms with van der Waals surface area (Å²) in [5.74, 6) is -0.318. The standard InChI is InChI=1S/C24H24ClFNO3PS/c1-16-2-6-19(7-3-16)32-20-8-9-21(23(26)13-20)18-5-4-17(22(25)12-18)10-11-24(27,14-28)15-30-31-29/h2-9,12-13,28H,10-11,14-15,27H2,1H3. The van der Waals surface area contributed by atoms with Crippen LogP contribution in [0.5, 0.6) is 0 Å². The Hall–Kier alpha value is -1.79. The molecule has 168 valence electrons. The number of halogens is 2. The maximum absolute atomic E-state index is 14.9. The lowest BCUT2D eigenvalue weighted by Crippen LogP contribution is -2.47. The summed E-state index contributed by atoms with van der Waals surface area (Å²) in [6.45, 7) is 1.68. The van der Waals surface area contributed by atoms with Crippen LogP contribution in [0.4, 0.5) is 4.39 Å². The van der Waals surface area contributed by atoms with Gasteiger partial charge in [-0.2, -0.15) is 0 Å². The van der Waals surface area contributed by atoms with Gasteiger partial charge in [0.2, 0.25) is 0 Å². The third-order valence-corrected chi connectivity index (χ3v) is 6.76. The van der Waals surface area contributed by atoms with Crippen LogP contribution in [0.2, 0.25) is 5.02 Å². The van der Waals surface area contributed by atoms with Gasteiger partial charge in [-0.1, -0.05) is 59.3 Å². The van der Waals surface area contributed by atoms with Crippen molar-refractivity contribution in [1.29, 1.82) is 0 Å². The Morgan fingerprint density at radius 2 is 1.84 bits per heavy atom. The highest BCUT2D eigenvalue weighted by molar-refractivity contribution is 7.99. The van der Waals surface area contributed by atoms with Crippen molar-refractivity contribution in [1.82, 2.24) is 0 Å². The molecule has 0 aliphatic rings. The Morgan fingerprint density at radius 1 is 1.12 bits per heavy atom. The number of benzene rings is 3. The number of aryl methyl sites for hydroxylation is 2. The van der Waals surface area contributed by atoms with Gasteiger partial charge in [0.1, 0.15) is 5.82 Å². The van der Waals surface area contributed by atoms with Gasteiger partial charge < -0.3 is 10.8 Å². The summed E-state index contributed by atoms with van der Waals surface area (Å²) in [7, 11) is -0.482. The Bertz CT molecular complexity index is 1080. The van der Waals surface area contributed by atoms with Gasteiger partial charge in [0.25, 0.3) is 0 Å². The molecule has 0 aliphatic carbocycles. The highest BCUT2D eigenvalue weighted by atomic mass is 35.5. The van der Waals surface area contributed by atoms with Crippen molar-refractivity contribution in [3.63, 3.8) is 0 Å². The Balaban J connectivity index is 1.72. The van der Waals surface area contributed by atoms with Crippen molar-refractivity contribution in [3.05, 3.63) is 82.6 Å². The number of hydrogen-bond donors (Lipinski definition) is 2. The highest BCUT2D eigenvalue weighted by Crippen LogP contribution is 2.33. The fraction of sp³-hybridized carbons (Fsp3) is 0.250. The van der Waals surface area contributed by atoms with E-state index in [2.05, 4.69) is 0 Å². The van der Waals surface area contributed by atoms with Gasteiger partial charge in [0.15, 0.2) is 0 Å². The molecule has 0 spiro atoms. The van der Waals surface area contributed by atoms with Crippen molar-refractivity contribution in [2.75, 3.05) is 13.2 Å². The zero-order chi connectivity index (χ0) is 23.1. The van der Waals surface area contributed by atoms with Gasteiger partial charge in [-0.15, -0.1) is 0 Å². The molecule has 32 heavy (non-hydrogen) atoms. The van der Waals surface area contributed by atoms with E-state index in [1.165, 1.54) is 23.4 Å². The molecule has 0 amide bonds. The van der Waals surface area contributed by atoms with Crippen molar-refractivity contribution in [2.45, 2.75) is 35.1 Å². The highest BCUT2D eigenvalue weighted by Gasteiger charge is 2.25. The minimum atomic E-state index is -1.02. The topological polar surface area (TPSA) is 72.6 Å². The minimum absolute atomic E-state index is 0.0393. The molecule has 0 heterocycles. The van der Waals surface area contributed by atoms with Crippen LogP contribution in [0.25, 0.3) is 11.1 Å². The second-order valence-electron chi connectivity index (χ2n) is 7.73. The van der Waals surface area contributed by atoms with E-state index >= 15 is 0 Å². The number of nitrogens with two attached hydrogens (primary N) is 1. The zero-order valence-corrected chi connectivity index (χ0v) is 20.0. The molecule has 0 radical (unpaired) electrons. The van der Waals surface area contributed by atoms with E-state index in [9.17, 15) is 14.1 Å². The summed E-state index contributed by atoms with van der Waals surface area (Å²) in [4.78, 5) is 1.87. The van der Waals surface area contributed by atoms with Crippen LogP contribution in [0.1, 0.15) is 17.5 Å².